The Labute approximate surface area is 191 Å². The fourth-order valence-corrected chi connectivity index (χ4v) is 4.55. The Morgan fingerprint density at radius 2 is 1.67 bits per heavy atom. The third-order valence-electron chi connectivity index (χ3n) is 6.46. The molecule has 1 fully saturated rings. The Kier molecular flexibility index (Phi) is 6.46. The molecule has 0 radical (unpaired) electrons. The number of rotatable bonds is 8. The molecule has 1 aliphatic rings. The zero-order chi connectivity index (χ0) is 22.6. The van der Waals surface area contributed by atoms with Gasteiger partial charge in [-0.05, 0) is 47.9 Å². The number of nitrogens with zero attached hydrogens (tertiary/aromatic N) is 5. The Balaban J connectivity index is 1.12. The van der Waals surface area contributed by atoms with Gasteiger partial charge < -0.3 is 9.88 Å². The van der Waals surface area contributed by atoms with Crippen LogP contribution in [0.25, 0.3) is 16.6 Å². The predicted octanol–water partition coefficient (Wildman–Crippen LogP) is 3.63. The Morgan fingerprint density at radius 3 is 2.42 bits per heavy atom. The largest absolute Gasteiger partial charge is 0.361 e. The molecule has 1 atom stereocenters. The lowest BCUT2D eigenvalue weighted by atomic mass is 10.1. The summed E-state index contributed by atoms with van der Waals surface area (Å²) in [7, 11) is 0. The predicted molar refractivity (Wildman–Crippen MR) is 125 cm³/mol. The molecule has 0 unspecified atom stereocenters. The lowest BCUT2D eigenvalue weighted by Crippen LogP contribution is -2.48. The molecule has 0 amide bonds. The number of aromatic amines is 1. The van der Waals surface area contributed by atoms with Gasteiger partial charge in [0.1, 0.15) is 24.6 Å². The topological polar surface area (TPSA) is 53.0 Å². The second kappa shape index (κ2) is 9.80. The lowest BCUT2D eigenvalue weighted by Gasteiger charge is -2.35. The van der Waals surface area contributed by atoms with Gasteiger partial charge in [0.2, 0.25) is 0 Å². The van der Waals surface area contributed by atoms with Crippen molar-refractivity contribution in [3.05, 3.63) is 78.3 Å². The second-order valence-electron chi connectivity index (χ2n) is 8.73. The highest BCUT2D eigenvalue weighted by molar-refractivity contribution is 5.85. The van der Waals surface area contributed by atoms with Gasteiger partial charge in [0, 0.05) is 68.5 Å². The SMILES string of the molecule is Fc1ccc(CCN2CCN(C[C@H](F)Cc3c[nH]c4ccc(-n5cnnc5)cc34)CC2)cc1. The van der Waals surface area contributed by atoms with E-state index in [4.69, 9.17) is 0 Å². The van der Waals surface area contributed by atoms with Crippen LogP contribution in [0.4, 0.5) is 8.78 Å². The number of aromatic nitrogens is 4. The van der Waals surface area contributed by atoms with Crippen LogP contribution in [0.5, 0.6) is 0 Å². The summed E-state index contributed by atoms with van der Waals surface area (Å²) < 4.78 is 29.9. The Bertz CT molecular complexity index is 1160. The van der Waals surface area contributed by atoms with Crippen molar-refractivity contribution in [2.24, 2.45) is 0 Å². The van der Waals surface area contributed by atoms with Crippen molar-refractivity contribution in [2.75, 3.05) is 39.3 Å². The van der Waals surface area contributed by atoms with E-state index in [1.165, 1.54) is 12.1 Å². The van der Waals surface area contributed by atoms with Crippen LogP contribution in [0, 0.1) is 5.82 Å². The highest BCUT2D eigenvalue weighted by atomic mass is 19.1. The van der Waals surface area contributed by atoms with Gasteiger partial charge in [-0.25, -0.2) is 8.78 Å². The van der Waals surface area contributed by atoms with Crippen molar-refractivity contribution in [1.29, 1.82) is 0 Å². The minimum absolute atomic E-state index is 0.197. The van der Waals surface area contributed by atoms with E-state index in [0.29, 0.717) is 13.0 Å². The first-order valence-corrected chi connectivity index (χ1v) is 11.4. The number of H-pyrrole nitrogens is 1. The van der Waals surface area contributed by atoms with Crippen molar-refractivity contribution in [3.63, 3.8) is 0 Å². The quantitative estimate of drug-likeness (QED) is 0.446. The average Bonchev–Trinajstić information content (AvgIpc) is 3.50. The summed E-state index contributed by atoms with van der Waals surface area (Å²) in [5.74, 6) is -0.197. The fraction of sp³-hybridized carbons (Fsp3) is 0.360. The summed E-state index contributed by atoms with van der Waals surface area (Å²) in [6.45, 7) is 5.00. The van der Waals surface area contributed by atoms with Crippen LogP contribution in [-0.4, -0.2) is 75.0 Å². The summed E-state index contributed by atoms with van der Waals surface area (Å²) >= 11 is 0. The zero-order valence-corrected chi connectivity index (χ0v) is 18.5. The van der Waals surface area contributed by atoms with E-state index < -0.39 is 6.17 Å². The average molecular weight is 451 g/mol. The van der Waals surface area contributed by atoms with Crippen LogP contribution in [-0.2, 0) is 12.8 Å². The van der Waals surface area contributed by atoms with Gasteiger partial charge in [0.15, 0.2) is 0 Å². The molecule has 33 heavy (non-hydrogen) atoms. The molecule has 1 aliphatic heterocycles. The Hall–Kier alpha value is -3.10. The van der Waals surface area contributed by atoms with Crippen LogP contribution in [0.1, 0.15) is 11.1 Å². The van der Waals surface area contributed by atoms with E-state index in [0.717, 1.165) is 66.9 Å². The number of hydrogen-bond acceptors (Lipinski definition) is 4. The number of hydrogen-bond donors (Lipinski definition) is 1. The molecule has 1 N–H and O–H groups in total. The molecule has 3 heterocycles. The van der Waals surface area contributed by atoms with Crippen molar-refractivity contribution < 1.29 is 8.78 Å². The number of nitrogens with one attached hydrogen (secondary N) is 1. The summed E-state index contributed by atoms with van der Waals surface area (Å²) in [5, 5.41) is 8.76. The van der Waals surface area contributed by atoms with Gasteiger partial charge in [-0.2, -0.15) is 0 Å². The van der Waals surface area contributed by atoms with Crippen molar-refractivity contribution in [1.82, 2.24) is 29.5 Å². The van der Waals surface area contributed by atoms with Crippen LogP contribution in [0.3, 0.4) is 0 Å². The molecule has 4 aromatic rings. The molecule has 0 saturated carbocycles. The monoisotopic (exact) mass is 450 g/mol. The van der Waals surface area contributed by atoms with Gasteiger partial charge in [0.05, 0.1) is 0 Å². The lowest BCUT2D eigenvalue weighted by molar-refractivity contribution is 0.107. The number of fused-ring (bicyclic) bond motifs is 1. The fourth-order valence-electron chi connectivity index (χ4n) is 4.55. The van der Waals surface area contributed by atoms with Crippen LogP contribution < -0.4 is 0 Å². The van der Waals surface area contributed by atoms with E-state index in [9.17, 15) is 4.39 Å². The van der Waals surface area contributed by atoms with Gasteiger partial charge in [-0.3, -0.25) is 9.47 Å². The van der Waals surface area contributed by atoms with E-state index in [1.807, 2.05) is 35.0 Å². The van der Waals surface area contributed by atoms with Crippen LogP contribution >= 0.6 is 0 Å². The molecule has 0 spiro atoms. The molecule has 5 rings (SSSR count). The maximum absolute atomic E-state index is 15.0. The van der Waals surface area contributed by atoms with E-state index >= 15 is 4.39 Å². The molecule has 8 heteroatoms. The normalized spacial score (nSPS) is 16.4. The molecule has 2 aromatic heterocycles. The van der Waals surface area contributed by atoms with Crippen molar-refractivity contribution in [3.8, 4) is 5.69 Å². The molecular formula is C25H28F2N6. The zero-order valence-electron chi connectivity index (χ0n) is 18.5. The standard InChI is InChI=1S/C25H28F2N6/c26-21-3-1-19(2-4-21)7-8-31-9-11-32(12-10-31)16-22(27)13-20-15-28-25-6-5-23(14-24(20)25)33-17-29-30-18-33/h1-6,14-15,17-18,22,28H,7-13,16H2/t22-/m1/s1. The van der Waals surface area contributed by atoms with E-state index in [2.05, 4.69) is 31.0 Å². The number of piperazine rings is 1. The molecular weight excluding hydrogens is 422 g/mol. The first-order valence-electron chi connectivity index (χ1n) is 11.4. The minimum Gasteiger partial charge on any atom is -0.361 e. The number of halogens is 2. The Morgan fingerprint density at radius 1 is 0.939 bits per heavy atom. The van der Waals surface area contributed by atoms with Gasteiger partial charge in [-0.15, -0.1) is 10.2 Å². The first-order chi connectivity index (χ1) is 16.1. The van der Waals surface area contributed by atoms with Crippen molar-refractivity contribution >= 4 is 10.9 Å². The van der Waals surface area contributed by atoms with Gasteiger partial charge in [0.25, 0.3) is 0 Å². The summed E-state index contributed by atoms with van der Waals surface area (Å²) in [4.78, 5) is 7.88. The van der Waals surface area contributed by atoms with Crippen molar-refractivity contribution in [2.45, 2.75) is 19.0 Å². The van der Waals surface area contributed by atoms with Gasteiger partial charge >= 0.3 is 0 Å². The highest BCUT2D eigenvalue weighted by Gasteiger charge is 2.21. The summed E-state index contributed by atoms with van der Waals surface area (Å²) in [6, 6.07) is 12.8. The molecule has 172 valence electrons. The van der Waals surface area contributed by atoms with Gasteiger partial charge in [-0.1, -0.05) is 12.1 Å². The maximum Gasteiger partial charge on any atom is 0.123 e. The minimum atomic E-state index is -0.923. The summed E-state index contributed by atoms with van der Waals surface area (Å²) in [5.41, 5.74) is 4.10. The maximum atomic E-state index is 15.0. The highest BCUT2D eigenvalue weighted by Crippen LogP contribution is 2.24. The molecule has 0 bridgehead atoms. The van der Waals surface area contributed by atoms with Crippen LogP contribution in [0.15, 0.2) is 61.3 Å². The van der Waals surface area contributed by atoms with E-state index in [1.54, 1.807) is 12.7 Å². The molecule has 0 aliphatic carbocycles. The molecule has 6 nitrogen and oxygen atoms in total. The third kappa shape index (κ3) is 5.29. The molecule has 1 saturated heterocycles. The number of benzene rings is 2. The smallest absolute Gasteiger partial charge is 0.123 e. The first kappa shape index (κ1) is 21.7. The number of alkyl halides is 1. The summed E-state index contributed by atoms with van der Waals surface area (Å²) in [6.07, 6.45) is 5.60. The second-order valence-corrected chi connectivity index (χ2v) is 8.73. The van der Waals surface area contributed by atoms with Crippen LogP contribution in [0.2, 0.25) is 0 Å². The van der Waals surface area contributed by atoms with E-state index in [-0.39, 0.29) is 5.82 Å². The third-order valence-corrected chi connectivity index (χ3v) is 6.46. The molecule has 2 aromatic carbocycles.